The predicted molar refractivity (Wildman–Crippen MR) is 101 cm³/mol. The average molecular weight is 359 g/mol. The summed E-state index contributed by atoms with van der Waals surface area (Å²) >= 11 is 0. The fraction of sp³-hybridized carbons (Fsp3) is 0.826. The van der Waals surface area contributed by atoms with Gasteiger partial charge in [-0.2, -0.15) is 0 Å². The topological polar surface area (TPSA) is 43.4 Å². The van der Waals surface area contributed by atoms with Crippen molar-refractivity contribution in [1.29, 1.82) is 0 Å². The molecule has 3 fully saturated rings. The minimum absolute atomic E-state index is 0.118. The maximum atomic E-state index is 11.9. The van der Waals surface area contributed by atoms with Crippen molar-refractivity contribution in [2.75, 3.05) is 0 Å². The average Bonchev–Trinajstić information content (AvgIpc) is 2.90. The zero-order valence-electron chi connectivity index (χ0n) is 16.8. The summed E-state index contributed by atoms with van der Waals surface area (Å²) in [7, 11) is 0. The van der Waals surface area contributed by atoms with Crippen LogP contribution in [0, 0.1) is 34.5 Å². The second-order valence-corrected chi connectivity index (χ2v) is 10.1. The molecule has 0 saturated heterocycles. The molecule has 7 atom stereocenters. The zero-order valence-corrected chi connectivity index (χ0v) is 16.8. The van der Waals surface area contributed by atoms with E-state index in [0.29, 0.717) is 17.3 Å². The summed E-state index contributed by atoms with van der Waals surface area (Å²) in [5, 5.41) is 0. The summed E-state index contributed by atoms with van der Waals surface area (Å²) in [5.74, 6) is 3.04. The number of esters is 1. The molecule has 0 spiro atoms. The van der Waals surface area contributed by atoms with E-state index in [9.17, 15) is 9.59 Å². The van der Waals surface area contributed by atoms with Crippen molar-refractivity contribution in [3.05, 3.63) is 11.6 Å². The molecule has 4 rings (SSSR count). The molecule has 144 valence electrons. The summed E-state index contributed by atoms with van der Waals surface area (Å²) in [5.41, 5.74) is 1.59. The summed E-state index contributed by atoms with van der Waals surface area (Å²) in [6.07, 6.45) is 11.7. The van der Waals surface area contributed by atoms with Crippen molar-refractivity contribution >= 4 is 11.8 Å². The first-order valence-corrected chi connectivity index (χ1v) is 10.6. The molecule has 0 radical (unpaired) electrons. The molecular weight excluding hydrogens is 324 g/mol. The van der Waals surface area contributed by atoms with E-state index in [4.69, 9.17) is 4.74 Å². The first-order valence-electron chi connectivity index (χ1n) is 10.6. The van der Waals surface area contributed by atoms with Crippen molar-refractivity contribution in [1.82, 2.24) is 0 Å². The lowest BCUT2D eigenvalue weighted by Crippen LogP contribution is -2.53. The van der Waals surface area contributed by atoms with Crippen LogP contribution in [-0.2, 0) is 14.3 Å². The van der Waals surface area contributed by atoms with E-state index in [2.05, 4.69) is 19.9 Å². The van der Waals surface area contributed by atoms with Crippen LogP contribution in [0.5, 0.6) is 0 Å². The SMILES string of the molecule is CC(=O)O[C@H]1CC[C@@H]2[C@H]3CC[C@H]4CC(C(C)=O)=CC[C@]4(C)[C@@H]3CC[C@]12C. The van der Waals surface area contributed by atoms with Crippen molar-refractivity contribution in [3.8, 4) is 0 Å². The van der Waals surface area contributed by atoms with E-state index in [1.165, 1.54) is 32.1 Å². The molecule has 4 aliphatic rings. The number of Topliss-reactive ketones (excluding diaryl/α,β-unsaturated/α-hetero) is 1. The standard InChI is InChI=1S/C23H34O3/c1-14(24)16-9-11-22(3)17(13-16)5-6-18-19-7-8-21(26-15(2)25)23(19,4)12-10-20(18)22/h9,17-21H,5-8,10-13H2,1-4H3/t17-,18+,19+,20+,21-,22-,23-/m0/s1. The highest BCUT2D eigenvalue weighted by molar-refractivity contribution is 5.93. The maximum Gasteiger partial charge on any atom is 0.302 e. The van der Waals surface area contributed by atoms with E-state index in [1.54, 1.807) is 13.8 Å². The Morgan fingerprint density at radius 1 is 1.00 bits per heavy atom. The Balaban J connectivity index is 1.58. The lowest BCUT2D eigenvalue weighted by atomic mass is 9.45. The normalized spacial score (nSPS) is 47.2. The monoisotopic (exact) mass is 358 g/mol. The Kier molecular flexibility index (Phi) is 4.36. The van der Waals surface area contributed by atoms with Gasteiger partial charge >= 0.3 is 5.97 Å². The highest BCUT2D eigenvalue weighted by Crippen LogP contribution is 2.66. The predicted octanol–water partition coefficient (Wildman–Crippen LogP) is 5.09. The highest BCUT2D eigenvalue weighted by Gasteiger charge is 2.60. The molecular formula is C23H34O3. The van der Waals surface area contributed by atoms with E-state index in [0.717, 1.165) is 36.7 Å². The van der Waals surface area contributed by atoms with Crippen LogP contribution < -0.4 is 0 Å². The number of hydrogen-bond donors (Lipinski definition) is 0. The summed E-state index contributed by atoms with van der Waals surface area (Å²) < 4.78 is 5.75. The van der Waals surface area contributed by atoms with Crippen LogP contribution in [0.1, 0.15) is 79.1 Å². The Hall–Kier alpha value is -1.12. The van der Waals surface area contributed by atoms with E-state index < -0.39 is 0 Å². The maximum absolute atomic E-state index is 11.9. The molecule has 0 aromatic carbocycles. The van der Waals surface area contributed by atoms with Crippen LogP contribution in [0.3, 0.4) is 0 Å². The Morgan fingerprint density at radius 3 is 2.42 bits per heavy atom. The number of hydrogen-bond acceptors (Lipinski definition) is 3. The van der Waals surface area contributed by atoms with Gasteiger partial charge in [0.2, 0.25) is 0 Å². The van der Waals surface area contributed by atoms with Gasteiger partial charge in [0.05, 0.1) is 0 Å². The first kappa shape index (κ1) is 18.3. The van der Waals surface area contributed by atoms with Gasteiger partial charge in [-0.05, 0) is 93.0 Å². The molecule has 0 N–H and O–H groups in total. The quantitative estimate of drug-likeness (QED) is 0.646. The number of ether oxygens (including phenoxy) is 1. The largest absolute Gasteiger partial charge is 0.462 e. The molecule has 3 nitrogen and oxygen atoms in total. The van der Waals surface area contributed by atoms with E-state index in [1.807, 2.05) is 0 Å². The Labute approximate surface area is 157 Å². The third-order valence-corrected chi connectivity index (χ3v) is 8.99. The summed E-state index contributed by atoms with van der Waals surface area (Å²) in [6, 6.07) is 0. The van der Waals surface area contributed by atoms with Gasteiger partial charge in [0.1, 0.15) is 6.10 Å². The van der Waals surface area contributed by atoms with Crippen LogP contribution >= 0.6 is 0 Å². The molecule has 4 aliphatic carbocycles. The van der Waals surface area contributed by atoms with Gasteiger partial charge in [-0.3, -0.25) is 9.59 Å². The summed E-state index contributed by atoms with van der Waals surface area (Å²) in [6.45, 7) is 8.16. The number of ketones is 1. The minimum Gasteiger partial charge on any atom is -0.462 e. The Morgan fingerprint density at radius 2 is 1.73 bits per heavy atom. The van der Waals surface area contributed by atoms with Gasteiger partial charge in [0.15, 0.2) is 5.78 Å². The third kappa shape index (κ3) is 2.60. The fourth-order valence-corrected chi connectivity index (χ4v) is 7.51. The number of carbonyl (C=O) groups is 2. The summed E-state index contributed by atoms with van der Waals surface area (Å²) in [4.78, 5) is 23.4. The number of fused-ring (bicyclic) bond motifs is 5. The molecule has 3 heteroatoms. The van der Waals surface area contributed by atoms with Crippen LogP contribution in [-0.4, -0.2) is 17.9 Å². The van der Waals surface area contributed by atoms with Crippen molar-refractivity contribution < 1.29 is 14.3 Å². The lowest BCUT2D eigenvalue weighted by Gasteiger charge is -2.59. The van der Waals surface area contributed by atoms with E-state index >= 15 is 0 Å². The van der Waals surface area contributed by atoms with Crippen LogP contribution in [0.25, 0.3) is 0 Å². The molecule has 0 aliphatic heterocycles. The molecule has 0 aromatic rings. The zero-order chi connectivity index (χ0) is 18.7. The van der Waals surface area contributed by atoms with Gasteiger partial charge < -0.3 is 4.74 Å². The van der Waals surface area contributed by atoms with Crippen LogP contribution in [0.15, 0.2) is 11.6 Å². The first-order chi connectivity index (χ1) is 12.3. The van der Waals surface area contributed by atoms with Crippen molar-refractivity contribution in [3.63, 3.8) is 0 Å². The van der Waals surface area contributed by atoms with E-state index in [-0.39, 0.29) is 23.3 Å². The highest BCUT2D eigenvalue weighted by atomic mass is 16.5. The second-order valence-electron chi connectivity index (χ2n) is 10.1. The van der Waals surface area contributed by atoms with Crippen LogP contribution in [0.4, 0.5) is 0 Å². The molecule has 0 bridgehead atoms. The smallest absolute Gasteiger partial charge is 0.302 e. The molecule has 0 aromatic heterocycles. The number of rotatable bonds is 2. The fourth-order valence-electron chi connectivity index (χ4n) is 7.51. The van der Waals surface area contributed by atoms with Gasteiger partial charge in [0.25, 0.3) is 0 Å². The second kappa shape index (κ2) is 6.21. The Bertz CT molecular complexity index is 650. The van der Waals surface area contributed by atoms with Crippen molar-refractivity contribution in [2.24, 2.45) is 34.5 Å². The lowest BCUT2D eigenvalue weighted by molar-refractivity contribution is -0.160. The minimum atomic E-state index is -0.121. The van der Waals surface area contributed by atoms with Gasteiger partial charge in [-0.25, -0.2) is 0 Å². The number of carbonyl (C=O) groups excluding carboxylic acids is 2. The van der Waals surface area contributed by atoms with Gasteiger partial charge in [0, 0.05) is 12.3 Å². The molecule has 0 heterocycles. The molecule has 0 amide bonds. The third-order valence-electron chi connectivity index (χ3n) is 8.99. The van der Waals surface area contributed by atoms with Gasteiger partial charge in [-0.15, -0.1) is 0 Å². The van der Waals surface area contributed by atoms with Gasteiger partial charge in [-0.1, -0.05) is 19.9 Å². The van der Waals surface area contributed by atoms with Crippen LogP contribution in [0.2, 0.25) is 0 Å². The molecule has 0 unspecified atom stereocenters. The van der Waals surface area contributed by atoms with Crippen molar-refractivity contribution in [2.45, 2.75) is 85.2 Å². The number of allylic oxidation sites excluding steroid dienone is 2. The molecule has 3 saturated carbocycles. The molecule has 26 heavy (non-hydrogen) atoms.